The predicted molar refractivity (Wildman–Crippen MR) is 127 cm³/mol. The first-order valence-electron chi connectivity index (χ1n) is 10.9. The smallest absolute Gasteiger partial charge is 0.255 e. The Kier molecular flexibility index (Phi) is 6.46. The molecule has 0 radical (unpaired) electrons. The quantitative estimate of drug-likeness (QED) is 0.646. The van der Waals surface area contributed by atoms with Crippen LogP contribution in [0.4, 0.5) is 17.2 Å². The van der Waals surface area contributed by atoms with Gasteiger partial charge in [0.25, 0.3) is 5.91 Å². The molecule has 0 bridgehead atoms. The molecule has 2 aromatic carbocycles. The van der Waals surface area contributed by atoms with Crippen molar-refractivity contribution in [2.24, 2.45) is 0 Å². The summed E-state index contributed by atoms with van der Waals surface area (Å²) in [4.78, 5) is 17.0. The van der Waals surface area contributed by atoms with E-state index in [0.29, 0.717) is 5.56 Å². The summed E-state index contributed by atoms with van der Waals surface area (Å²) in [5.74, 6) is 0.807. The Morgan fingerprint density at radius 1 is 0.903 bits per heavy atom. The number of anilines is 3. The molecule has 0 spiro atoms. The highest BCUT2D eigenvalue weighted by Gasteiger charge is 2.12. The number of hydrogen-bond acceptors (Lipinski definition) is 5. The highest BCUT2D eigenvalue weighted by molar-refractivity contribution is 6.04. The van der Waals surface area contributed by atoms with Crippen LogP contribution in [0.25, 0.3) is 11.3 Å². The van der Waals surface area contributed by atoms with Crippen molar-refractivity contribution in [3.05, 3.63) is 66.2 Å². The second-order valence-corrected chi connectivity index (χ2v) is 8.15. The maximum atomic E-state index is 12.6. The number of aromatic nitrogens is 2. The van der Waals surface area contributed by atoms with E-state index in [1.807, 2.05) is 79.7 Å². The summed E-state index contributed by atoms with van der Waals surface area (Å²) in [5.41, 5.74) is 4.14. The highest BCUT2D eigenvalue weighted by Crippen LogP contribution is 2.23. The molecule has 0 unspecified atom stereocenters. The first-order valence-corrected chi connectivity index (χ1v) is 10.9. The normalized spacial score (nSPS) is 14.1. The van der Waals surface area contributed by atoms with Crippen molar-refractivity contribution in [1.82, 2.24) is 10.2 Å². The number of nitrogens with one attached hydrogen (secondary N) is 1. The molecule has 1 aliphatic rings. The minimum Gasteiger partial charge on any atom is -0.378 e. The zero-order valence-electron chi connectivity index (χ0n) is 18.2. The minimum absolute atomic E-state index is 0.134. The van der Waals surface area contributed by atoms with Crippen LogP contribution in [0, 0.1) is 0 Å². The van der Waals surface area contributed by atoms with Gasteiger partial charge in [-0.2, -0.15) is 0 Å². The number of rotatable bonds is 5. The molecule has 6 nitrogen and oxygen atoms in total. The average Bonchev–Trinajstić information content (AvgIpc) is 3.09. The van der Waals surface area contributed by atoms with Crippen molar-refractivity contribution in [2.45, 2.75) is 25.7 Å². The lowest BCUT2D eigenvalue weighted by Crippen LogP contribution is -2.25. The van der Waals surface area contributed by atoms with Crippen LogP contribution in [0.2, 0.25) is 0 Å². The van der Waals surface area contributed by atoms with Gasteiger partial charge in [-0.15, -0.1) is 10.2 Å². The zero-order chi connectivity index (χ0) is 21.6. The summed E-state index contributed by atoms with van der Waals surface area (Å²) in [5, 5.41) is 11.9. The monoisotopic (exact) mass is 415 g/mol. The number of hydrogen-bond donors (Lipinski definition) is 1. The van der Waals surface area contributed by atoms with Gasteiger partial charge in [0, 0.05) is 49.7 Å². The molecule has 4 rings (SSSR count). The summed E-state index contributed by atoms with van der Waals surface area (Å²) >= 11 is 0. The molecule has 160 valence electrons. The minimum atomic E-state index is -0.134. The third kappa shape index (κ3) is 5.20. The van der Waals surface area contributed by atoms with E-state index in [4.69, 9.17) is 0 Å². The Balaban J connectivity index is 1.45. The summed E-state index contributed by atoms with van der Waals surface area (Å²) in [6.45, 7) is 2.09. The van der Waals surface area contributed by atoms with Crippen LogP contribution in [0.15, 0.2) is 60.7 Å². The third-order valence-electron chi connectivity index (χ3n) is 5.64. The summed E-state index contributed by atoms with van der Waals surface area (Å²) in [6, 6.07) is 19.3. The van der Waals surface area contributed by atoms with E-state index < -0.39 is 0 Å². The first kappa shape index (κ1) is 20.8. The van der Waals surface area contributed by atoms with Crippen molar-refractivity contribution >= 4 is 23.1 Å². The summed E-state index contributed by atoms with van der Waals surface area (Å²) in [6.07, 6.45) is 5.01. The first-order chi connectivity index (χ1) is 15.1. The van der Waals surface area contributed by atoms with E-state index in [9.17, 15) is 4.79 Å². The standard InChI is InChI=1S/C25H29N5O/c1-29(2)22-12-10-19(11-13-22)25(31)26-21-9-7-8-20(18-21)23-14-15-24(28-27-23)30-16-5-3-4-6-17-30/h7-15,18H,3-6,16-17H2,1-2H3,(H,26,31). The maximum Gasteiger partial charge on any atom is 0.255 e. The molecule has 0 saturated carbocycles. The van der Waals surface area contributed by atoms with Gasteiger partial charge in [0.1, 0.15) is 0 Å². The fraction of sp³-hybridized carbons (Fsp3) is 0.320. The summed E-state index contributed by atoms with van der Waals surface area (Å²) in [7, 11) is 3.95. The van der Waals surface area contributed by atoms with Gasteiger partial charge < -0.3 is 15.1 Å². The van der Waals surface area contributed by atoms with Crippen LogP contribution >= 0.6 is 0 Å². The Labute approximate surface area is 183 Å². The lowest BCUT2D eigenvalue weighted by atomic mass is 10.1. The average molecular weight is 416 g/mol. The number of benzene rings is 2. The van der Waals surface area contributed by atoms with Gasteiger partial charge >= 0.3 is 0 Å². The molecular formula is C25H29N5O. The van der Waals surface area contributed by atoms with Gasteiger partial charge in [-0.25, -0.2) is 0 Å². The molecule has 0 atom stereocenters. The fourth-order valence-electron chi connectivity index (χ4n) is 3.82. The van der Waals surface area contributed by atoms with Gasteiger partial charge in [0.15, 0.2) is 5.82 Å². The largest absolute Gasteiger partial charge is 0.378 e. The lowest BCUT2D eigenvalue weighted by molar-refractivity contribution is 0.102. The molecule has 1 amide bonds. The van der Waals surface area contributed by atoms with Crippen molar-refractivity contribution in [2.75, 3.05) is 42.3 Å². The lowest BCUT2D eigenvalue weighted by Gasteiger charge is -2.20. The van der Waals surface area contributed by atoms with E-state index in [0.717, 1.165) is 41.5 Å². The molecule has 0 aliphatic carbocycles. The highest BCUT2D eigenvalue weighted by atomic mass is 16.1. The molecule has 1 saturated heterocycles. The van der Waals surface area contributed by atoms with E-state index >= 15 is 0 Å². The van der Waals surface area contributed by atoms with Gasteiger partial charge in [0.2, 0.25) is 0 Å². The van der Waals surface area contributed by atoms with Crippen molar-refractivity contribution < 1.29 is 4.79 Å². The van der Waals surface area contributed by atoms with Crippen LogP contribution in [0.5, 0.6) is 0 Å². The second kappa shape index (κ2) is 9.60. The molecule has 6 heteroatoms. The molecule has 1 aliphatic heterocycles. The van der Waals surface area contributed by atoms with Crippen molar-refractivity contribution in [3.8, 4) is 11.3 Å². The number of amides is 1. The molecule has 1 aromatic heterocycles. The van der Waals surface area contributed by atoms with Crippen LogP contribution < -0.4 is 15.1 Å². The molecular weight excluding hydrogens is 386 g/mol. The van der Waals surface area contributed by atoms with Gasteiger partial charge in [-0.05, 0) is 61.4 Å². The SMILES string of the molecule is CN(C)c1ccc(C(=O)Nc2cccc(-c3ccc(N4CCCCCC4)nn3)c2)cc1. The molecule has 31 heavy (non-hydrogen) atoms. The number of carbonyl (C=O) groups is 1. The topological polar surface area (TPSA) is 61.4 Å². The number of nitrogens with zero attached hydrogens (tertiary/aromatic N) is 4. The molecule has 1 fully saturated rings. The van der Waals surface area contributed by atoms with E-state index in [2.05, 4.69) is 20.4 Å². The molecule has 1 N–H and O–H groups in total. The van der Waals surface area contributed by atoms with Gasteiger partial charge in [-0.3, -0.25) is 4.79 Å². The molecule has 2 heterocycles. The summed E-state index contributed by atoms with van der Waals surface area (Å²) < 4.78 is 0. The van der Waals surface area contributed by atoms with Crippen molar-refractivity contribution in [3.63, 3.8) is 0 Å². The van der Waals surface area contributed by atoms with E-state index in [-0.39, 0.29) is 5.91 Å². The van der Waals surface area contributed by atoms with Crippen LogP contribution in [-0.4, -0.2) is 43.3 Å². The van der Waals surface area contributed by atoms with Crippen LogP contribution in [0.1, 0.15) is 36.0 Å². The Morgan fingerprint density at radius 2 is 1.65 bits per heavy atom. The maximum absolute atomic E-state index is 12.6. The van der Waals surface area contributed by atoms with Gasteiger partial charge in [0.05, 0.1) is 5.69 Å². The van der Waals surface area contributed by atoms with Crippen molar-refractivity contribution in [1.29, 1.82) is 0 Å². The van der Waals surface area contributed by atoms with Crippen LogP contribution in [0.3, 0.4) is 0 Å². The Hall–Kier alpha value is -3.41. The molecule has 3 aromatic rings. The Morgan fingerprint density at radius 3 is 2.29 bits per heavy atom. The third-order valence-corrected chi connectivity index (χ3v) is 5.64. The number of carbonyl (C=O) groups excluding carboxylic acids is 1. The predicted octanol–water partition coefficient (Wildman–Crippen LogP) is 4.84. The zero-order valence-corrected chi connectivity index (χ0v) is 18.2. The van der Waals surface area contributed by atoms with Gasteiger partial charge in [-0.1, -0.05) is 25.0 Å². The van der Waals surface area contributed by atoms with E-state index in [1.54, 1.807) is 0 Å². The fourth-order valence-corrected chi connectivity index (χ4v) is 3.82. The second-order valence-electron chi connectivity index (χ2n) is 8.15. The van der Waals surface area contributed by atoms with Crippen LogP contribution in [-0.2, 0) is 0 Å². The Bertz CT molecular complexity index is 1010. The van der Waals surface area contributed by atoms with E-state index in [1.165, 1.54) is 25.7 Å².